The van der Waals surface area contributed by atoms with Gasteiger partial charge >= 0.3 is 0 Å². The first-order valence-electron chi connectivity index (χ1n) is 11.1. The second-order valence-electron chi connectivity index (χ2n) is 9.33. The van der Waals surface area contributed by atoms with E-state index in [1.165, 1.54) is 18.4 Å². The predicted octanol–water partition coefficient (Wildman–Crippen LogP) is 4.87. The molecule has 0 radical (unpaired) electrons. The standard InChI is InChI=1S/C26H32N2O3/c1-26(2,3)21-8-6-19(7-9-21)20(18-28-12-4-5-13-28)16-25(29)27-22-10-11-23-24(17-22)31-15-14-30-23/h6-11,16-17H,4-5,12-15,18H2,1-3H3,(H,27,29). The summed E-state index contributed by atoms with van der Waals surface area (Å²) in [6, 6.07) is 14.1. The molecule has 2 heterocycles. The highest BCUT2D eigenvalue weighted by molar-refractivity contribution is 6.04. The molecule has 0 unspecified atom stereocenters. The van der Waals surface area contributed by atoms with Gasteiger partial charge < -0.3 is 14.8 Å². The summed E-state index contributed by atoms with van der Waals surface area (Å²) in [5.74, 6) is 1.25. The van der Waals surface area contributed by atoms with E-state index < -0.39 is 0 Å². The largest absolute Gasteiger partial charge is 0.486 e. The fraction of sp³-hybridized carbons (Fsp3) is 0.423. The van der Waals surface area contributed by atoms with Crippen LogP contribution in [-0.4, -0.2) is 43.7 Å². The molecular weight excluding hydrogens is 388 g/mol. The maximum absolute atomic E-state index is 12.9. The lowest BCUT2D eigenvalue weighted by Crippen LogP contribution is -2.22. The minimum Gasteiger partial charge on any atom is -0.486 e. The fourth-order valence-electron chi connectivity index (χ4n) is 4.04. The van der Waals surface area contributed by atoms with Crippen LogP contribution in [0.25, 0.3) is 5.57 Å². The SMILES string of the molecule is CC(C)(C)c1ccc(C(=CC(=O)Nc2ccc3c(c2)OCCO3)CN2CCCC2)cc1. The number of amides is 1. The monoisotopic (exact) mass is 420 g/mol. The van der Waals surface area contributed by atoms with Crippen molar-refractivity contribution in [3.63, 3.8) is 0 Å². The number of hydrogen-bond donors (Lipinski definition) is 1. The third-order valence-electron chi connectivity index (χ3n) is 5.83. The minimum absolute atomic E-state index is 0.104. The van der Waals surface area contributed by atoms with Crippen LogP contribution in [0.2, 0.25) is 0 Å². The van der Waals surface area contributed by atoms with Gasteiger partial charge in [0.15, 0.2) is 11.5 Å². The third kappa shape index (κ3) is 5.47. The molecule has 0 spiro atoms. The molecule has 2 aliphatic heterocycles. The van der Waals surface area contributed by atoms with Gasteiger partial charge in [0, 0.05) is 24.4 Å². The molecule has 31 heavy (non-hydrogen) atoms. The fourth-order valence-corrected chi connectivity index (χ4v) is 4.04. The smallest absolute Gasteiger partial charge is 0.248 e. The topological polar surface area (TPSA) is 50.8 Å². The quantitative estimate of drug-likeness (QED) is 0.701. The molecule has 5 heteroatoms. The number of hydrogen-bond acceptors (Lipinski definition) is 4. The number of anilines is 1. The van der Waals surface area contributed by atoms with Crippen LogP contribution >= 0.6 is 0 Å². The van der Waals surface area contributed by atoms with Crippen LogP contribution in [0, 0.1) is 0 Å². The van der Waals surface area contributed by atoms with Crippen molar-refractivity contribution >= 4 is 17.2 Å². The Morgan fingerprint density at radius 1 is 1.00 bits per heavy atom. The maximum atomic E-state index is 12.9. The first kappa shape index (κ1) is 21.4. The van der Waals surface area contributed by atoms with Gasteiger partial charge in [0.1, 0.15) is 13.2 Å². The summed E-state index contributed by atoms with van der Waals surface area (Å²) in [6.07, 6.45) is 4.18. The number of rotatable bonds is 5. The van der Waals surface area contributed by atoms with Crippen LogP contribution < -0.4 is 14.8 Å². The Morgan fingerprint density at radius 2 is 1.68 bits per heavy atom. The van der Waals surface area contributed by atoms with Gasteiger partial charge in [0.2, 0.25) is 5.91 Å². The number of carbonyl (C=O) groups excluding carboxylic acids is 1. The van der Waals surface area contributed by atoms with Crippen molar-refractivity contribution in [3.05, 3.63) is 59.7 Å². The summed E-state index contributed by atoms with van der Waals surface area (Å²) in [4.78, 5) is 15.3. The second kappa shape index (κ2) is 9.15. The van der Waals surface area contributed by atoms with Gasteiger partial charge in [-0.15, -0.1) is 0 Å². The van der Waals surface area contributed by atoms with Gasteiger partial charge in [-0.3, -0.25) is 9.69 Å². The molecule has 2 aliphatic rings. The van der Waals surface area contributed by atoms with E-state index >= 15 is 0 Å². The normalized spacial score (nSPS) is 16.9. The number of ether oxygens (including phenoxy) is 2. The number of nitrogens with zero attached hydrogens (tertiary/aromatic N) is 1. The summed E-state index contributed by atoms with van der Waals surface area (Å²) in [7, 11) is 0. The molecule has 0 bridgehead atoms. The molecule has 0 aliphatic carbocycles. The number of benzene rings is 2. The van der Waals surface area contributed by atoms with E-state index in [4.69, 9.17) is 9.47 Å². The molecule has 1 saturated heterocycles. The average Bonchev–Trinajstić information content (AvgIpc) is 3.26. The van der Waals surface area contributed by atoms with E-state index in [1.807, 2.05) is 18.2 Å². The first-order valence-corrected chi connectivity index (χ1v) is 11.1. The van der Waals surface area contributed by atoms with E-state index in [9.17, 15) is 4.79 Å². The molecule has 2 aromatic rings. The van der Waals surface area contributed by atoms with Crippen molar-refractivity contribution in [1.82, 2.24) is 4.90 Å². The minimum atomic E-state index is -0.134. The van der Waals surface area contributed by atoms with Gasteiger partial charge in [-0.25, -0.2) is 0 Å². The average molecular weight is 421 g/mol. The highest BCUT2D eigenvalue weighted by atomic mass is 16.6. The third-order valence-corrected chi connectivity index (χ3v) is 5.83. The zero-order chi connectivity index (χ0) is 21.8. The lowest BCUT2D eigenvalue weighted by Gasteiger charge is -2.21. The molecule has 1 fully saturated rings. The highest BCUT2D eigenvalue weighted by Crippen LogP contribution is 2.32. The molecule has 1 amide bonds. The Hall–Kier alpha value is -2.79. The van der Waals surface area contributed by atoms with E-state index in [0.29, 0.717) is 30.4 Å². The summed E-state index contributed by atoms with van der Waals surface area (Å²) < 4.78 is 11.2. The molecular formula is C26H32N2O3. The Kier molecular flexibility index (Phi) is 6.33. The van der Waals surface area contributed by atoms with Crippen LogP contribution in [0.4, 0.5) is 5.69 Å². The van der Waals surface area contributed by atoms with Crippen molar-refractivity contribution in [1.29, 1.82) is 0 Å². The van der Waals surface area contributed by atoms with Crippen molar-refractivity contribution in [3.8, 4) is 11.5 Å². The number of fused-ring (bicyclic) bond motifs is 1. The van der Waals surface area contributed by atoms with Crippen LogP contribution in [0.15, 0.2) is 48.5 Å². The molecule has 5 nitrogen and oxygen atoms in total. The lowest BCUT2D eigenvalue weighted by molar-refractivity contribution is -0.111. The molecule has 1 N–H and O–H groups in total. The Morgan fingerprint density at radius 3 is 2.35 bits per heavy atom. The number of likely N-dealkylation sites (tertiary alicyclic amines) is 1. The van der Waals surface area contributed by atoms with Crippen LogP contribution in [0.5, 0.6) is 11.5 Å². The summed E-state index contributed by atoms with van der Waals surface area (Å²) >= 11 is 0. The second-order valence-corrected chi connectivity index (χ2v) is 9.33. The maximum Gasteiger partial charge on any atom is 0.248 e. The van der Waals surface area contributed by atoms with Crippen LogP contribution in [0.3, 0.4) is 0 Å². The first-order chi connectivity index (χ1) is 14.9. The van der Waals surface area contributed by atoms with Gasteiger partial charge in [0.05, 0.1) is 0 Å². The zero-order valence-electron chi connectivity index (χ0n) is 18.7. The van der Waals surface area contributed by atoms with Gasteiger partial charge in [-0.2, -0.15) is 0 Å². The van der Waals surface area contributed by atoms with Gasteiger partial charge in [0.25, 0.3) is 0 Å². The lowest BCUT2D eigenvalue weighted by atomic mass is 9.86. The number of nitrogens with one attached hydrogen (secondary N) is 1. The zero-order valence-corrected chi connectivity index (χ0v) is 18.7. The molecule has 0 atom stereocenters. The van der Waals surface area contributed by atoms with Crippen LogP contribution in [0.1, 0.15) is 44.7 Å². The molecule has 0 saturated carbocycles. The van der Waals surface area contributed by atoms with E-state index in [0.717, 1.165) is 30.8 Å². The molecule has 0 aromatic heterocycles. The highest BCUT2D eigenvalue weighted by Gasteiger charge is 2.18. The predicted molar refractivity (Wildman–Crippen MR) is 125 cm³/mol. The summed E-state index contributed by atoms with van der Waals surface area (Å²) in [5.41, 5.74) is 4.23. The molecule has 164 valence electrons. The molecule has 2 aromatic carbocycles. The Labute approximate surface area is 185 Å². The van der Waals surface area contributed by atoms with Crippen LogP contribution in [-0.2, 0) is 10.2 Å². The Bertz CT molecular complexity index is 952. The van der Waals surface area contributed by atoms with E-state index in [2.05, 4.69) is 55.3 Å². The van der Waals surface area contributed by atoms with Crippen molar-refractivity contribution < 1.29 is 14.3 Å². The summed E-state index contributed by atoms with van der Waals surface area (Å²) in [6.45, 7) is 10.7. The van der Waals surface area contributed by atoms with Gasteiger partial charge in [-0.05, 0) is 60.2 Å². The van der Waals surface area contributed by atoms with E-state index in [-0.39, 0.29) is 11.3 Å². The van der Waals surface area contributed by atoms with Crippen molar-refractivity contribution in [2.24, 2.45) is 0 Å². The molecule has 4 rings (SSSR count). The Balaban J connectivity index is 1.54. The summed E-state index contributed by atoms with van der Waals surface area (Å²) in [5, 5.41) is 2.98. The van der Waals surface area contributed by atoms with E-state index in [1.54, 1.807) is 6.08 Å². The van der Waals surface area contributed by atoms with Gasteiger partial charge in [-0.1, -0.05) is 45.0 Å². The van der Waals surface area contributed by atoms with Crippen molar-refractivity contribution in [2.45, 2.75) is 39.0 Å². The van der Waals surface area contributed by atoms with Crippen molar-refractivity contribution in [2.75, 3.05) is 38.2 Å². The number of carbonyl (C=O) groups is 1.